The van der Waals surface area contributed by atoms with Crippen LogP contribution in [-0.4, -0.2) is 21.1 Å². The summed E-state index contributed by atoms with van der Waals surface area (Å²) in [5.41, 5.74) is 7.82. The Labute approximate surface area is 107 Å². The summed E-state index contributed by atoms with van der Waals surface area (Å²) < 4.78 is 1.97. The molecule has 5 heteroatoms. The predicted octanol–water partition coefficient (Wildman–Crippen LogP) is 2.84. The second kappa shape index (κ2) is 5.43. The summed E-state index contributed by atoms with van der Waals surface area (Å²) in [6.45, 7) is 8.93. The molecular weight excluding hydrogens is 242 g/mol. The van der Waals surface area contributed by atoms with Crippen molar-refractivity contribution >= 4 is 23.4 Å². The number of thioether (sulfide) groups is 1. The maximum Gasteiger partial charge on any atom is 0.0855 e. The molecular formula is C11H20ClN3S. The van der Waals surface area contributed by atoms with Crippen molar-refractivity contribution in [1.82, 2.24) is 9.78 Å². The predicted molar refractivity (Wildman–Crippen MR) is 72.1 cm³/mol. The third-order valence-electron chi connectivity index (χ3n) is 2.17. The number of rotatable bonds is 5. The second-order valence-electron chi connectivity index (χ2n) is 4.64. The lowest BCUT2D eigenvalue weighted by atomic mass is 10.1. The quantitative estimate of drug-likeness (QED) is 0.887. The van der Waals surface area contributed by atoms with E-state index in [1.54, 1.807) is 11.8 Å². The minimum absolute atomic E-state index is 0.136. The highest BCUT2D eigenvalue weighted by molar-refractivity contribution is 7.98. The Bertz CT molecular complexity index is 355. The molecule has 0 saturated carbocycles. The van der Waals surface area contributed by atoms with E-state index in [9.17, 15) is 0 Å². The Hall–Kier alpha value is -0.190. The molecule has 2 N–H and O–H groups in total. The van der Waals surface area contributed by atoms with Crippen molar-refractivity contribution in [2.24, 2.45) is 5.73 Å². The number of nitrogens with zero attached hydrogens (tertiary/aromatic N) is 2. The zero-order valence-electron chi connectivity index (χ0n) is 10.4. The average Bonchev–Trinajstić information content (AvgIpc) is 2.43. The summed E-state index contributed by atoms with van der Waals surface area (Å²) in [6, 6.07) is 0. The Morgan fingerprint density at radius 2 is 2.12 bits per heavy atom. The number of hydrogen-bond acceptors (Lipinski definition) is 3. The highest BCUT2D eigenvalue weighted by Gasteiger charge is 2.15. The van der Waals surface area contributed by atoms with Gasteiger partial charge in [0, 0.05) is 23.6 Å². The number of aromatic nitrogens is 2. The molecule has 0 atom stereocenters. The maximum absolute atomic E-state index is 6.21. The van der Waals surface area contributed by atoms with E-state index >= 15 is 0 Å². The monoisotopic (exact) mass is 261 g/mol. The first-order valence-corrected chi connectivity index (χ1v) is 6.97. The SMILES string of the molecule is CCn1nc(C)c(Cl)c1CSCC(C)(C)N. The lowest BCUT2D eigenvalue weighted by molar-refractivity contribution is 0.590. The zero-order valence-corrected chi connectivity index (χ0v) is 12.0. The molecule has 0 aliphatic heterocycles. The van der Waals surface area contributed by atoms with Gasteiger partial charge in [-0.2, -0.15) is 16.9 Å². The van der Waals surface area contributed by atoms with Crippen LogP contribution in [0.3, 0.4) is 0 Å². The van der Waals surface area contributed by atoms with Gasteiger partial charge in [-0.15, -0.1) is 0 Å². The van der Waals surface area contributed by atoms with E-state index in [0.29, 0.717) is 0 Å². The Balaban J connectivity index is 2.66. The molecule has 1 rings (SSSR count). The van der Waals surface area contributed by atoms with E-state index < -0.39 is 0 Å². The van der Waals surface area contributed by atoms with Crippen molar-refractivity contribution < 1.29 is 0 Å². The van der Waals surface area contributed by atoms with Gasteiger partial charge in [-0.05, 0) is 27.7 Å². The molecule has 3 nitrogen and oxygen atoms in total. The number of aryl methyl sites for hydroxylation is 2. The van der Waals surface area contributed by atoms with Crippen molar-refractivity contribution in [2.45, 2.75) is 45.5 Å². The Kier molecular flexibility index (Phi) is 4.71. The fourth-order valence-electron chi connectivity index (χ4n) is 1.42. The van der Waals surface area contributed by atoms with Gasteiger partial charge in [0.25, 0.3) is 0 Å². The fourth-order valence-corrected chi connectivity index (χ4v) is 2.81. The van der Waals surface area contributed by atoms with Crippen molar-refractivity contribution in [1.29, 1.82) is 0 Å². The highest BCUT2D eigenvalue weighted by Crippen LogP contribution is 2.25. The Morgan fingerprint density at radius 3 is 2.62 bits per heavy atom. The number of hydrogen-bond donors (Lipinski definition) is 1. The van der Waals surface area contributed by atoms with E-state index in [-0.39, 0.29) is 5.54 Å². The molecule has 16 heavy (non-hydrogen) atoms. The first kappa shape index (κ1) is 13.9. The topological polar surface area (TPSA) is 43.8 Å². The van der Waals surface area contributed by atoms with Gasteiger partial charge in [0.2, 0.25) is 0 Å². The van der Waals surface area contributed by atoms with Crippen LogP contribution in [0.5, 0.6) is 0 Å². The molecule has 0 bridgehead atoms. The van der Waals surface area contributed by atoms with Crippen molar-refractivity contribution in [3.8, 4) is 0 Å². The molecule has 0 amide bonds. The summed E-state index contributed by atoms with van der Waals surface area (Å²) >= 11 is 8.01. The van der Waals surface area contributed by atoms with E-state index in [2.05, 4.69) is 12.0 Å². The third-order valence-corrected chi connectivity index (χ3v) is 4.08. The summed E-state index contributed by atoms with van der Waals surface area (Å²) in [7, 11) is 0. The highest BCUT2D eigenvalue weighted by atomic mass is 35.5. The Morgan fingerprint density at radius 1 is 1.50 bits per heavy atom. The van der Waals surface area contributed by atoms with Crippen LogP contribution in [-0.2, 0) is 12.3 Å². The average molecular weight is 262 g/mol. The van der Waals surface area contributed by atoms with Gasteiger partial charge >= 0.3 is 0 Å². The summed E-state index contributed by atoms with van der Waals surface area (Å²) in [5, 5.41) is 5.18. The maximum atomic E-state index is 6.21. The molecule has 0 spiro atoms. The van der Waals surface area contributed by atoms with Crippen LogP contribution in [0.1, 0.15) is 32.2 Å². The smallest absolute Gasteiger partial charge is 0.0855 e. The van der Waals surface area contributed by atoms with Crippen LogP contribution < -0.4 is 5.73 Å². The standard InChI is InChI=1S/C11H20ClN3S/c1-5-15-9(10(12)8(2)14-15)6-16-7-11(3,4)13/h5-7,13H2,1-4H3. The normalized spacial score (nSPS) is 12.1. The molecule has 92 valence electrons. The zero-order chi connectivity index (χ0) is 12.3. The first-order valence-electron chi connectivity index (χ1n) is 5.43. The van der Waals surface area contributed by atoms with E-state index in [0.717, 1.165) is 34.5 Å². The van der Waals surface area contributed by atoms with Gasteiger partial charge in [-0.1, -0.05) is 11.6 Å². The second-order valence-corrected chi connectivity index (χ2v) is 6.01. The number of halogens is 1. The molecule has 0 unspecified atom stereocenters. The minimum atomic E-state index is -0.136. The van der Waals surface area contributed by atoms with Crippen LogP contribution in [0.15, 0.2) is 0 Å². The van der Waals surface area contributed by atoms with Crippen LogP contribution in [0.2, 0.25) is 5.02 Å². The van der Waals surface area contributed by atoms with Crippen molar-refractivity contribution in [2.75, 3.05) is 5.75 Å². The van der Waals surface area contributed by atoms with Crippen LogP contribution in [0.25, 0.3) is 0 Å². The first-order chi connectivity index (χ1) is 7.35. The molecule has 1 aromatic heterocycles. The van der Waals surface area contributed by atoms with Gasteiger partial charge in [0.1, 0.15) is 0 Å². The van der Waals surface area contributed by atoms with E-state index in [1.807, 2.05) is 25.5 Å². The molecule has 0 aromatic carbocycles. The molecule has 0 aliphatic rings. The van der Waals surface area contributed by atoms with Gasteiger partial charge in [0.05, 0.1) is 16.4 Å². The summed E-state index contributed by atoms with van der Waals surface area (Å²) in [6.07, 6.45) is 0. The van der Waals surface area contributed by atoms with Gasteiger partial charge in [0.15, 0.2) is 0 Å². The van der Waals surface area contributed by atoms with Crippen molar-refractivity contribution in [3.05, 3.63) is 16.4 Å². The molecule has 0 radical (unpaired) electrons. The third kappa shape index (κ3) is 3.68. The minimum Gasteiger partial charge on any atom is -0.325 e. The lowest BCUT2D eigenvalue weighted by Crippen LogP contribution is -2.34. The van der Waals surface area contributed by atoms with Crippen LogP contribution >= 0.6 is 23.4 Å². The molecule has 1 heterocycles. The molecule has 0 fully saturated rings. The van der Waals surface area contributed by atoms with Crippen LogP contribution in [0.4, 0.5) is 0 Å². The summed E-state index contributed by atoms with van der Waals surface area (Å²) in [4.78, 5) is 0. The van der Waals surface area contributed by atoms with E-state index in [1.165, 1.54) is 0 Å². The van der Waals surface area contributed by atoms with E-state index in [4.69, 9.17) is 17.3 Å². The van der Waals surface area contributed by atoms with Gasteiger partial charge in [-0.3, -0.25) is 4.68 Å². The largest absolute Gasteiger partial charge is 0.325 e. The molecule has 0 saturated heterocycles. The van der Waals surface area contributed by atoms with Gasteiger partial charge < -0.3 is 5.73 Å². The summed E-state index contributed by atoms with van der Waals surface area (Å²) in [5.74, 6) is 1.78. The molecule has 1 aromatic rings. The van der Waals surface area contributed by atoms with Gasteiger partial charge in [-0.25, -0.2) is 0 Å². The van der Waals surface area contributed by atoms with Crippen molar-refractivity contribution in [3.63, 3.8) is 0 Å². The lowest BCUT2D eigenvalue weighted by Gasteiger charge is -2.17. The molecule has 0 aliphatic carbocycles. The fraction of sp³-hybridized carbons (Fsp3) is 0.727. The van der Waals surface area contributed by atoms with Crippen LogP contribution in [0, 0.1) is 6.92 Å². The number of nitrogens with two attached hydrogens (primary N) is 1.